The van der Waals surface area contributed by atoms with Gasteiger partial charge in [-0.1, -0.05) is 0 Å². The molecule has 0 saturated heterocycles. The van der Waals surface area contributed by atoms with Crippen LogP contribution in [-0.4, -0.2) is 39.1 Å². The lowest BCUT2D eigenvalue weighted by Gasteiger charge is -2.10. The predicted molar refractivity (Wildman–Crippen MR) is 104 cm³/mol. The number of rotatable bonds is 7. The first-order valence-corrected chi connectivity index (χ1v) is 8.82. The van der Waals surface area contributed by atoms with Crippen LogP contribution >= 0.6 is 0 Å². The number of hydrogen-bond donors (Lipinski definition) is 1. The maximum atomic E-state index is 11.9. The van der Waals surface area contributed by atoms with E-state index in [-0.39, 0.29) is 11.3 Å². The zero-order chi connectivity index (χ0) is 20.3. The molecule has 3 aromatic rings. The minimum Gasteiger partial charge on any atom is -0.465 e. The van der Waals surface area contributed by atoms with Gasteiger partial charge in [0.25, 0.3) is 5.69 Å². The van der Waals surface area contributed by atoms with Crippen molar-refractivity contribution in [1.82, 2.24) is 14.6 Å². The van der Waals surface area contributed by atoms with Crippen molar-refractivity contribution in [2.75, 3.05) is 19.0 Å². The Morgan fingerprint density at radius 2 is 2.07 bits per heavy atom. The molecule has 0 bridgehead atoms. The Kier molecular flexibility index (Phi) is 5.53. The molecule has 0 radical (unpaired) electrons. The number of carbonyl (C=O) groups excluding carboxylic acids is 1. The lowest BCUT2D eigenvalue weighted by Crippen LogP contribution is -2.10. The second kappa shape index (κ2) is 8.03. The number of nitro benzene ring substituents is 1. The number of aromatic nitrogens is 3. The fourth-order valence-corrected chi connectivity index (χ4v) is 3.03. The molecule has 1 aromatic carbocycles. The first-order chi connectivity index (χ1) is 13.4. The van der Waals surface area contributed by atoms with Crippen molar-refractivity contribution in [3.63, 3.8) is 0 Å². The molecule has 0 aliphatic carbocycles. The van der Waals surface area contributed by atoms with Crippen molar-refractivity contribution in [1.29, 1.82) is 0 Å². The minimum atomic E-state index is -0.622. The molecule has 0 amide bonds. The second-order valence-electron chi connectivity index (χ2n) is 6.45. The number of aryl methyl sites for hydroxylation is 3. The highest BCUT2D eigenvalue weighted by molar-refractivity contribution is 5.96. The van der Waals surface area contributed by atoms with Crippen LogP contribution < -0.4 is 5.32 Å². The number of carbonyl (C=O) groups is 1. The quantitative estimate of drug-likeness (QED) is 0.289. The van der Waals surface area contributed by atoms with Crippen LogP contribution in [0.2, 0.25) is 0 Å². The van der Waals surface area contributed by atoms with E-state index in [1.807, 2.05) is 30.5 Å². The van der Waals surface area contributed by atoms with Crippen molar-refractivity contribution in [2.24, 2.45) is 0 Å². The molecule has 0 aliphatic rings. The second-order valence-corrected chi connectivity index (χ2v) is 6.45. The Balaban J connectivity index is 1.66. The van der Waals surface area contributed by atoms with Gasteiger partial charge in [0.2, 0.25) is 0 Å². The summed E-state index contributed by atoms with van der Waals surface area (Å²) in [5.74, 6) is -0.622. The van der Waals surface area contributed by atoms with Crippen LogP contribution in [0.1, 0.15) is 33.9 Å². The van der Waals surface area contributed by atoms with Crippen LogP contribution in [0.3, 0.4) is 0 Å². The van der Waals surface area contributed by atoms with Gasteiger partial charge in [-0.3, -0.25) is 10.1 Å². The van der Waals surface area contributed by atoms with Crippen LogP contribution in [0.5, 0.6) is 0 Å². The molecule has 0 saturated carbocycles. The molecule has 3 rings (SSSR count). The van der Waals surface area contributed by atoms with Crippen LogP contribution in [0.25, 0.3) is 5.65 Å². The van der Waals surface area contributed by atoms with Gasteiger partial charge >= 0.3 is 5.97 Å². The van der Waals surface area contributed by atoms with Crippen LogP contribution in [-0.2, 0) is 11.2 Å². The third kappa shape index (κ3) is 4.08. The van der Waals surface area contributed by atoms with Gasteiger partial charge in [-0.05, 0) is 38.8 Å². The van der Waals surface area contributed by atoms with Crippen LogP contribution in [0, 0.1) is 24.0 Å². The third-order valence-corrected chi connectivity index (χ3v) is 4.33. The molecule has 0 unspecified atom stereocenters. The average Bonchev–Trinajstić information content (AvgIpc) is 3.07. The third-order valence-electron chi connectivity index (χ3n) is 4.33. The fraction of sp³-hybridized carbons (Fsp3) is 0.316. The summed E-state index contributed by atoms with van der Waals surface area (Å²) >= 11 is 0. The molecule has 0 atom stereocenters. The van der Waals surface area contributed by atoms with Gasteiger partial charge in [0.1, 0.15) is 0 Å². The number of nitrogens with one attached hydrogen (secondary N) is 1. The van der Waals surface area contributed by atoms with Crippen molar-refractivity contribution < 1.29 is 14.5 Å². The SMILES string of the molecule is COC(=O)c1cc([N+](=O)[O-])ccc1NCCCc1cc2nc(C)cc(C)n2n1. The topological polar surface area (TPSA) is 112 Å². The zero-order valence-electron chi connectivity index (χ0n) is 15.9. The molecule has 0 spiro atoms. The Labute approximate surface area is 161 Å². The number of non-ortho nitro benzene ring substituents is 1. The monoisotopic (exact) mass is 383 g/mol. The highest BCUT2D eigenvalue weighted by Gasteiger charge is 2.17. The number of ether oxygens (including phenoxy) is 1. The minimum absolute atomic E-state index is 0.139. The summed E-state index contributed by atoms with van der Waals surface area (Å²) in [6.07, 6.45) is 1.49. The summed E-state index contributed by atoms with van der Waals surface area (Å²) < 4.78 is 6.54. The Morgan fingerprint density at radius 1 is 1.29 bits per heavy atom. The molecule has 0 aliphatic heterocycles. The molecule has 28 heavy (non-hydrogen) atoms. The van der Waals surface area contributed by atoms with E-state index in [0.29, 0.717) is 12.2 Å². The Hall–Kier alpha value is -3.49. The number of methoxy groups -OCH3 is 1. The smallest absolute Gasteiger partial charge is 0.340 e. The largest absolute Gasteiger partial charge is 0.465 e. The van der Waals surface area contributed by atoms with Crippen molar-refractivity contribution in [2.45, 2.75) is 26.7 Å². The highest BCUT2D eigenvalue weighted by atomic mass is 16.6. The molecule has 9 nitrogen and oxygen atoms in total. The van der Waals surface area contributed by atoms with Crippen LogP contribution in [0.15, 0.2) is 30.3 Å². The Morgan fingerprint density at radius 3 is 2.79 bits per heavy atom. The fourth-order valence-electron chi connectivity index (χ4n) is 3.03. The lowest BCUT2D eigenvalue weighted by atomic mass is 10.1. The van der Waals surface area contributed by atoms with E-state index in [0.717, 1.165) is 35.6 Å². The van der Waals surface area contributed by atoms with Gasteiger partial charge in [-0.15, -0.1) is 0 Å². The Bertz CT molecular complexity index is 1040. The highest BCUT2D eigenvalue weighted by Crippen LogP contribution is 2.23. The number of nitrogens with zero attached hydrogens (tertiary/aromatic N) is 4. The van der Waals surface area contributed by atoms with Crippen molar-refractivity contribution in [3.05, 3.63) is 63.1 Å². The lowest BCUT2D eigenvalue weighted by molar-refractivity contribution is -0.384. The number of esters is 1. The standard InChI is InChI=1S/C19H21N5O4/c1-12-9-13(2)23-18(21-12)10-14(22-23)5-4-8-20-17-7-6-15(24(26)27)11-16(17)19(25)28-3/h6-7,9-11,20H,4-5,8H2,1-3H3. The van der Waals surface area contributed by atoms with E-state index in [1.165, 1.54) is 25.3 Å². The molecule has 0 fully saturated rings. The molecule has 9 heteroatoms. The number of nitro groups is 1. The summed E-state index contributed by atoms with van der Waals surface area (Å²) in [4.78, 5) is 26.8. The first-order valence-electron chi connectivity index (χ1n) is 8.82. The molecule has 1 N–H and O–H groups in total. The van der Waals surface area contributed by atoms with Gasteiger partial charge < -0.3 is 10.1 Å². The van der Waals surface area contributed by atoms with Gasteiger partial charge in [0, 0.05) is 41.8 Å². The van der Waals surface area contributed by atoms with E-state index in [4.69, 9.17) is 4.74 Å². The average molecular weight is 383 g/mol. The maximum Gasteiger partial charge on any atom is 0.340 e. The van der Waals surface area contributed by atoms with E-state index in [9.17, 15) is 14.9 Å². The van der Waals surface area contributed by atoms with Gasteiger partial charge in [-0.2, -0.15) is 5.10 Å². The van der Waals surface area contributed by atoms with Gasteiger partial charge in [-0.25, -0.2) is 14.3 Å². The van der Waals surface area contributed by atoms with Crippen LogP contribution in [0.4, 0.5) is 11.4 Å². The molecule has 146 valence electrons. The summed E-state index contributed by atoms with van der Waals surface area (Å²) in [6, 6.07) is 8.03. The summed E-state index contributed by atoms with van der Waals surface area (Å²) in [6.45, 7) is 4.51. The molecular weight excluding hydrogens is 362 g/mol. The van der Waals surface area contributed by atoms with E-state index >= 15 is 0 Å². The number of fused-ring (bicyclic) bond motifs is 1. The predicted octanol–water partition coefficient (Wildman–Crippen LogP) is 3.09. The van der Waals surface area contributed by atoms with E-state index in [2.05, 4.69) is 15.4 Å². The molecule has 2 aromatic heterocycles. The zero-order valence-corrected chi connectivity index (χ0v) is 15.9. The number of benzene rings is 1. The molecular formula is C19H21N5O4. The molecule has 2 heterocycles. The van der Waals surface area contributed by atoms with E-state index in [1.54, 1.807) is 0 Å². The summed E-state index contributed by atoms with van der Waals surface area (Å²) in [7, 11) is 1.24. The number of hydrogen-bond acceptors (Lipinski definition) is 7. The summed E-state index contributed by atoms with van der Waals surface area (Å²) in [5.41, 5.74) is 4.21. The maximum absolute atomic E-state index is 11.9. The van der Waals surface area contributed by atoms with Crippen molar-refractivity contribution >= 4 is 23.0 Å². The number of anilines is 1. The van der Waals surface area contributed by atoms with Gasteiger partial charge in [0.05, 0.1) is 23.3 Å². The van der Waals surface area contributed by atoms with E-state index < -0.39 is 10.9 Å². The van der Waals surface area contributed by atoms with Crippen molar-refractivity contribution in [3.8, 4) is 0 Å². The van der Waals surface area contributed by atoms with Gasteiger partial charge in [0.15, 0.2) is 5.65 Å². The first kappa shape index (κ1) is 19.3. The summed E-state index contributed by atoms with van der Waals surface area (Å²) in [5, 5.41) is 18.6. The normalized spacial score (nSPS) is 10.8.